The van der Waals surface area contributed by atoms with Crippen LogP contribution in [-0.4, -0.2) is 38.2 Å². The van der Waals surface area contributed by atoms with Gasteiger partial charge in [0.2, 0.25) is 0 Å². The average Bonchev–Trinajstić information content (AvgIpc) is 3.34. The molecule has 0 unspecified atom stereocenters. The van der Waals surface area contributed by atoms with Crippen molar-refractivity contribution < 1.29 is 14.4 Å². The number of nitrogens with one attached hydrogen (secondary N) is 1. The maximum absolute atomic E-state index is 10.9. The fourth-order valence-electron chi connectivity index (χ4n) is 3.48. The van der Waals surface area contributed by atoms with Crippen LogP contribution in [-0.2, 0) is 0 Å². The molecule has 9 heteroatoms. The van der Waals surface area contributed by atoms with Crippen molar-refractivity contribution >= 4 is 23.0 Å². The third kappa shape index (κ3) is 3.69. The molecule has 2 N–H and O–H groups in total. The Hall–Kier alpha value is -3.30. The SMILES string of the molecule is O=[N+]([O-])c1ccc(-c2ccc([C@@H]3[C@@H](c4ccccn4)NC(=S)N3CCO)o2)cc1. The van der Waals surface area contributed by atoms with Crippen molar-refractivity contribution in [1.29, 1.82) is 0 Å². The molecule has 1 saturated heterocycles. The Kier molecular flexibility index (Phi) is 5.24. The number of hydrogen-bond donors (Lipinski definition) is 2. The number of aromatic nitrogens is 1. The molecular weight excluding hydrogens is 392 g/mol. The first kappa shape index (κ1) is 19.0. The van der Waals surface area contributed by atoms with E-state index in [0.717, 1.165) is 11.3 Å². The van der Waals surface area contributed by atoms with Gasteiger partial charge in [0.25, 0.3) is 5.69 Å². The Balaban J connectivity index is 1.68. The lowest BCUT2D eigenvalue weighted by Gasteiger charge is -2.25. The Bertz CT molecular complexity index is 1020. The zero-order valence-electron chi connectivity index (χ0n) is 15.3. The minimum absolute atomic E-state index is 0.0233. The molecule has 1 aromatic carbocycles. The van der Waals surface area contributed by atoms with E-state index in [4.69, 9.17) is 16.6 Å². The zero-order chi connectivity index (χ0) is 20.4. The number of nitro benzene ring substituents is 1. The molecular formula is C20H18N4O4S. The van der Waals surface area contributed by atoms with E-state index in [9.17, 15) is 15.2 Å². The van der Waals surface area contributed by atoms with E-state index in [-0.39, 0.29) is 24.4 Å². The molecule has 0 spiro atoms. The molecule has 2 aromatic heterocycles. The normalized spacial score (nSPS) is 18.7. The number of thiocarbonyl (C=S) groups is 1. The van der Waals surface area contributed by atoms with Gasteiger partial charge in [0.05, 0.1) is 23.3 Å². The number of benzene rings is 1. The van der Waals surface area contributed by atoms with Gasteiger partial charge in [-0.15, -0.1) is 0 Å². The Morgan fingerprint density at radius 3 is 2.66 bits per heavy atom. The highest BCUT2D eigenvalue weighted by atomic mass is 32.1. The summed E-state index contributed by atoms with van der Waals surface area (Å²) in [5.74, 6) is 1.26. The van der Waals surface area contributed by atoms with Crippen LogP contribution in [0.25, 0.3) is 11.3 Å². The van der Waals surface area contributed by atoms with E-state index in [1.807, 2.05) is 35.2 Å². The first-order valence-electron chi connectivity index (χ1n) is 9.02. The minimum Gasteiger partial charge on any atom is -0.459 e. The molecule has 29 heavy (non-hydrogen) atoms. The summed E-state index contributed by atoms with van der Waals surface area (Å²) in [6, 6.07) is 15.0. The van der Waals surface area contributed by atoms with E-state index in [0.29, 0.717) is 23.2 Å². The lowest BCUT2D eigenvalue weighted by atomic mass is 10.0. The minimum atomic E-state index is -0.438. The van der Waals surface area contributed by atoms with Gasteiger partial charge < -0.3 is 19.7 Å². The monoisotopic (exact) mass is 410 g/mol. The van der Waals surface area contributed by atoms with Crippen LogP contribution in [0.4, 0.5) is 5.69 Å². The Morgan fingerprint density at radius 2 is 2.00 bits per heavy atom. The maximum Gasteiger partial charge on any atom is 0.269 e. The van der Waals surface area contributed by atoms with Crippen molar-refractivity contribution in [3.05, 3.63) is 82.4 Å². The van der Waals surface area contributed by atoms with Gasteiger partial charge in [-0.1, -0.05) is 6.07 Å². The molecule has 148 valence electrons. The third-order valence-corrected chi connectivity index (χ3v) is 5.17. The van der Waals surface area contributed by atoms with Gasteiger partial charge in [0.15, 0.2) is 5.11 Å². The van der Waals surface area contributed by atoms with Crippen LogP contribution in [0.2, 0.25) is 0 Å². The summed E-state index contributed by atoms with van der Waals surface area (Å²) in [7, 11) is 0. The summed E-state index contributed by atoms with van der Waals surface area (Å²) in [5.41, 5.74) is 1.57. The zero-order valence-corrected chi connectivity index (χ0v) is 16.1. The van der Waals surface area contributed by atoms with Crippen molar-refractivity contribution in [2.75, 3.05) is 13.2 Å². The molecule has 4 rings (SSSR count). The topological polar surface area (TPSA) is 105 Å². The largest absolute Gasteiger partial charge is 0.459 e. The second kappa shape index (κ2) is 7.98. The van der Waals surface area contributed by atoms with Crippen LogP contribution in [0.3, 0.4) is 0 Å². The average molecular weight is 410 g/mol. The van der Waals surface area contributed by atoms with E-state index < -0.39 is 4.92 Å². The first-order valence-corrected chi connectivity index (χ1v) is 9.43. The highest BCUT2D eigenvalue weighted by molar-refractivity contribution is 7.80. The molecule has 1 fully saturated rings. The summed E-state index contributed by atoms with van der Waals surface area (Å²) < 4.78 is 6.11. The quantitative estimate of drug-likeness (QED) is 0.363. The van der Waals surface area contributed by atoms with Gasteiger partial charge in [-0.2, -0.15) is 0 Å². The number of nitro groups is 1. The van der Waals surface area contributed by atoms with E-state index in [1.54, 1.807) is 18.3 Å². The predicted octanol–water partition coefficient (Wildman–Crippen LogP) is 3.21. The number of β-amino-alcohol motifs (C(OH)–C–C–N with tert-alkyl or cyclic N) is 1. The van der Waals surface area contributed by atoms with Gasteiger partial charge in [0.1, 0.15) is 17.6 Å². The van der Waals surface area contributed by atoms with E-state index >= 15 is 0 Å². The van der Waals surface area contributed by atoms with Crippen LogP contribution in [0.1, 0.15) is 23.5 Å². The number of nitrogens with zero attached hydrogens (tertiary/aromatic N) is 3. The summed E-state index contributed by atoms with van der Waals surface area (Å²) in [6.45, 7) is 0.302. The summed E-state index contributed by atoms with van der Waals surface area (Å²) in [5, 5.41) is 24.1. The molecule has 0 bridgehead atoms. The molecule has 3 heterocycles. The molecule has 3 aromatic rings. The van der Waals surface area contributed by atoms with E-state index in [1.165, 1.54) is 12.1 Å². The van der Waals surface area contributed by atoms with Crippen LogP contribution in [0.5, 0.6) is 0 Å². The van der Waals surface area contributed by atoms with Gasteiger partial charge in [-0.25, -0.2) is 0 Å². The van der Waals surface area contributed by atoms with Crippen molar-refractivity contribution in [2.45, 2.75) is 12.1 Å². The fourth-order valence-corrected chi connectivity index (χ4v) is 3.81. The second-order valence-corrected chi connectivity index (χ2v) is 6.94. The van der Waals surface area contributed by atoms with Crippen molar-refractivity contribution in [3.8, 4) is 11.3 Å². The smallest absolute Gasteiger partial charge is 0.269 e. The number of furan rings is 1. The Morgan fingerprint density at radius 1 is 1.21 bits per heavy atom. The second-order valence-electron chi connectivity index (χ2n) is 6.55. The van der Waals surface area contributed by atoms with Crippen LogP contribution >= 0.6 is 12.2 Å². The van der Waals surface area contributed by atoms with Crippen LogP contribution in [0.15, 0.2) is 65.2 Å². The summed E-state index contributed by atoms with van der Waals surface area (Å²) in [4.78, 5) is 16.7. The molecule has 0 amide bonds. The molecule has 1 aliphatic rings. The predicted molar refractivity (Wildman–Crippen MR) is 110 cm³/mol. The van der Waals surface area contributed by atoms with Crippen LogP contribution in [0, 0.1) is 10.1 Å². The Labute approximate surface area is 171 Å². The third-order valence-electron chi connectivity index (χ3n) is 4.82. The highest BCUT2D eigenvalue weighted by Gasteiger charge is 2.41. The standard InChI is InChI=1S/C20H18N4O4S/c25-12-11-23-19(18(22-20(23)29)15-3-1-2-10-21-15)17-9-8-16(28-17)13-4-6-14(7-5-13)24(26)27/h1-10,18-19,25H,11-12H2,(H,22,29)/t18-,19-/m1/s1. The number of aliphatic hydroxyl groups excluding tert-OH is 1. The lowest BCUT2D eigenvalue weighted by Crippen LogP contribution is -2.32. The van der Waals surface area contributed by atoms with Crippen molar-refractivity contribution in [1.82, 2.24) is 15.2 Å². The molecule has 1 aliphatic heterocycles. The number of pyridine rings is 1. The van der Waals surface area contributed by atoms with Gasteiger partial charge in [-0.05, 0) is 48.6 Å². The molecule has 0 radical (unpaired) electrons. The molecule has 2 atom stereocenters. The number of hydrogen-bond acceptors (Lipinski definition) is 6. The molecule has 0 saturated carbocycles. The maximum atomic E-state index is 10.9. The summed E-state index contributed by atoms with van der Waals surface area (Å²) in [6.07, 6.45) is 1.72. The number of non-ortho nitro benzene ring substituents is 1. The van der Waals surface area contributed by atoms with Gasteiger partial charge >= 0.3 is 0 Å². The first-order chi connectivity index (χ1) is 14.1. The molecule has 8 nitrogen and oxygen atoms in total. The van der Waals surface area contributed by atoms with Gasteiger partial charge in [-0.3, -0.25) is 15.1 Å². The van der Waals surface area contributed by atoms with Crippen molar-refractivity contribution in [3.63, 3.8) is 0 Å². The lowest BCUT2D eigenvalue weighted by molar-refractivity contribution is -0.384. The summed E-state index contributed by atoms with van der Waals surface area (Å²) >= 11 is 5.47. The van der Waals surface area contributed by atoms with Crippen LogP contribution < -0.4 is 5.32 Å². The highest BCUT2D eigenvalue weighted by Crippen LogP contribution is 2.40. The van der Waals surface area contributed by atoms with E-state index in [2.05, 4.69) is 10.3 Å². The van der Waals surface area contributed by atoms with Crippen molar-refractivity contribution in [2.24, 2.45) is 0 Å². The number of rotatable bonds is 6. The van der Waals surface area contributed by atoms with Gasteiger partial charge in [0, 0.05) is 30.4 Å². The number of aliphatic hydroxyl groups is 1. The molecule has 0 aliphatic carbocycles. The fraction of sp³-hybridized carbons (Fsp3) is 0.200.